The summed E-state index contributed by atoms with van der Waals surface area (Å²) in [5.74, 6) is -1.17. The van der Waals surface area contributed by atoms with Gasteiger partial charge in [-0.15, -0.1) is 0 Å². The van der Waals surface area contributed by atoms with Crippen LogP contribution in [-0.2, 0) is 21.2 Å². The lowest BCUT2D eigenvalue weighted by Gasteiger charge is -2.24. The number of carbonyl (C=O) groups is 1. The summed E-state index contributed by atoms with van der Waals surface area (Å²) in [6, 6.07) is 12.4. The normalized spacial score (nSPS) is 13.0. The highest BCUT2D eigenvalue weighted by atomic mass is 32.2. The minimum absolute atomic E-state index is 0.0826. The smallest absolute Gasteiger partial charge is 0.322 e. The third-order valence-corrected chi connectivity index (χ3v) is 5.74. The Bertz CT molecular complexity index is 811. The molecule has 0 radical (unpaired) electrons. The molecular formula is C18H21NO4S. The maximum absolute atomic E-state index is 12.7. The van der Waals surface area contributed by atoms with E-state index < -0.39 is 22.0 Å². The van der Waals surface area contributed by atoms with Crippen molar-refractivity contribution in [1.82, 2.24) is 4.31 Å². The van der Waals surface area contributed by atoms with Crippen LogP contribution in [-0.4, -0.2) is 36.9 Å². The number of benzene rings is 2. The molecule has 0 saturated heterocycles. The molecule has 0 spiro atoms. The number of aryl methyl sites for hydroxylation is 2. The predicted octanol–water partition coefficient (Wildman–Crippen LogP) is 2.62. The van der Waals surface area contributed by atoms with Gasteiger partial charge in [0.1, 0.15) is 6.04 Å². The van der Waals surface area contributed by atoms with Crippen molar-refractivity contribution in [2.45, 2.75) is 31.2 Å². The van der Waals surface area contributed by atoms with Gasteiger partial charge in [0, 0.05) is 7.05 Å². The van der Waals surface area contributed by atoms with Crippen molar-refractivity contribution in [3.05, 3.63) is 65.2 Å². The predicted molar refractivity (Wildman–Crippen MR) is 92.4 cm³/mol. The van der Waals surface area contributed by atoms with E-state index in [0.717, 1.165) is 21.0 Å². The summed E-state index contributed by atoms with van der Waals surface area (Å²) in [5.41, 5.74) is 2.83. The van der Waals surface area contributed by atoms with E-state index in [1.165, 1.54) is 19.2 Å². The van der Waals surface area contributed by atoms with Crippen LogP contribution in [0.15, 0.2) is 53.4 Å². The molecule has 1 N–H and O–H groups in total. The number of likely N-dealkylation sites (N-methyl/N-ethyl adjacent to an activating group) is 1. The maximum atomic E-state index is 12.7. The van der Waals surface area contributed by atoms with Gasteiger partial charge in [0.25, 0.3) is 0 Å². The average Bonchev–Trinajstić information content (AvgIpc) is 2.51. The van der Waals surface area contributed by atoms with Crippen molar-refractivity contribution in [1.29, 1.82) is 0 Å². The third-order valence-electron chi connectivity index (χ3n) is 3.85. The molecule has 1 atom stereocenters. The Balaban J connectivity index is 2.35. The molecule has 0 aliphatic carbocycles. The first-order valence-corrected chi connectivity index (χ1v) is 8.99. The summed E-state index contributed by atoms with van der Waals surface area (Å²) in [7, 11) is -2.56. The van der Waals surface area contributed by atoms with Crippen LogP contribution in [0.25, 0.3) is 0 Å². The highest BCUT2D eigenvalue weighted by molar-refractivity contribution is 7.89. The molecule has 0 heterocycles. The minimum Gasteiger partial charge on any atom is -0.480 e. The molecule has 0 aliphatic heterocycles. The largest absolute Gasteiger partial charge is 0.480 e. The van der Waals surface area contributed by atoms with Gasteiger partial charge in [0.15, 0.2) is 0 Å². The number of nitrogens with zero attached hydrogens (tertiary/aromatic N) is 1. The first-order valence-electron chi connectivity index (χ1n) is 7.55. The highest BCUT2D eigenvalue weighted by Crippen LogP contribution is 2.20. The fourth-order valence-corrected chi connectivity index (χ4v) is 4.04. The van der Waals surface area contributed by atoms with Crippen molar-refractivity contribution in [2.24, 2.45) is 0 Å². The fourth-order valence-electron chi connectivity index (χ4n) is 2.71. The summed E-state index contributed by atoms with van der Waals surface area (Å²) < 4.78 is 26.3. The first kappa shape index (κ1) is 18.2. The zero-order chi connectivity index (χ0) is 17.9. The van der Waals surface area contributed by atoms with E-state index in [0.29, 0.717) is 0 Å². The molecule has 0 bridgehead atoms. The van der Waals surface area contributed by atoms with Crippen molar-refractivity contribution in [3.8, 4) is 0 Å². The van der Waals surface area contributed by atoms with E-state index >= 15 is 0 Å². The third kappa shape index (κ3) is 4.01. The Morgan fingerprint density at radius 1 is 1.08 bits per heavy atom. The molecule has 0 saturated carbocycles. The molecule has 2 aromatic rings. The van der Waals surface area contributed by atoms with Crippen molar-refractivity contribution >= 4 is 16.0 Å². The van der Waals surface area contributed by atoms with E-state index in [-0.39, 0.29) is 11.3 Å². The summed E-state index contributed by atoms with van der Waals surface area (Å²) >= 11 is 0. The summed E-state index contributed by atoms with van der Waals surface area (Å²) in [4.78, 5) is 11.8. The lowest BCUT2D eigenvalue weighted by molar-refractivity contribution is -0.141. The van der Waals surface area contributed by atoms with E-state index in [4.69, 9.17) is 0 Å². The second kappa shape index (κ2) is 7.15. The lowest BCUT2D eigenvalue weighted by atomic mass is 10.0. The summed E-state index contributed by atoms with van der Waals surface area (Å²) in [5, 5.41) is 9.55. The van der Waals surface area contributed by atoms with Crippen molar-refractivity contribution < 1.29 is 18.3 Å². The monoisotopic (exact) mass is 347 g/mol. The van der Waals surface area contributed by atoms with Gasteiger partial charge in [-0.05, 0) is 38.0 Å². The standard InChI is InChI=1S/C18H21NO4S/c1-13-9-14(2)11-15(10-13)12-17(18(20)21)19(3)24(22,23)16-7-5-4-6-8-16/h4-11,17H,12H2,1-3H3,(H,20,21). The topological polar surface area (TPSA) is 74.7 Å². The van der Waals surface area contributed by atoms with Gasteiger partial charge in [-0.25, -0.2) is 8.42 Å². The van der Waals surface area contributed by atoms with Crippen LogP contribution < -0.4 is 0 Å². The molecule has 128 valence electrons. The van der Waals surface area contributed by atoms with Crippen LogP contribution in [0.4, 0.5) is 0 Å². The minimum atomic E-state index is -3.87. The molecule has 0 aromatic heterocycles. The van der Waals surface area contributed by atoms with Crippen LogP contribution in [0.3, 0.4) is 0 Å². The number of carboxylic acids is 1. The van der Waals surface area contributed by atoms with Crippen LogP contribution in [0.2, 0.25) is 0 Å². The molecule has 1 unspecified atom stereocenters. The molecule has 0 amide bonds. The Morgan fingerprint density at radius 3 is 2.12 bits per heavy atom. The molecule has 5 nitrogen and oxygen atoms in total. The van der Waals surface area contributed by atoms with Gasteiger partial charge in [0.2, 0.25) is 10.0 Å². The van der Waals surface area contributed by atoms with Crippen LogP contribution in [0.1, 0.15) is 16.7 Å². The molecule has 2 rings (SSSR count). The first-order chi connectivity index (χ1) is 11.2. The number of rotatable bonds is 6. The number of carboxylic acid groups (broad SMARTS) is 1. The quantitative estimate of drug-likeness (QED) is 0.872. The Labute approximate surface area is 142 Å². The van der Waals surface area contributed by atoms with Gasteiger partial charge in [-0.2, -0.15) is 4.31 Å². The van der Waals surface area contributed by atoms with Gasteiger partial charge >= 0.3 is 5.97 Å². The Morgan fingerprint density at radius 2 is 1.62 bits per heavy atom. The molecule has 24 heavy (non-hydrogen) atoms. The summed E-state index contributed by atoms with van der Waals surface area (Å²) in [6.45, 7) is 3.85. The molecule has 6 heteroatoms. The molecular weight excluding hydrogens is 326 g/mol. The number of hydrogen-bond acceptors (Lipinski definition) is 3. The Kier molecular flexibility index (Phi) is 5.41. The van der Waals surface area contributed by atoms with Crippen molar-refractivity contribution in [3.63, 3.8) is 0 Å². The van der Waals surface area contributed by atoms with E-state index in [2.05, 4.69) is 0 Å². The highest BCUT2D eigenvalue weighted by Gasteiger charge is 2.32. The van der Waals surface area contributed by atoms with E-state index in [1.54, 1.807) is 18.2 Å². The molecule has 0 aliphatic rings. The number of hydrogen-bond donors (Lipinski definition) is 1. The Hall–Kier alpha value is -2.18. The fraction of sp³-hybridized carbons (Fsp3) is 0.278. The van der Waals surface area contributed by atoms with Crippen LogP contribution in [0, 0.1) is 13.8 Å². The zero-order valence-corrected chi connectivity index (χ0v) is 14.7. The van der Waals surface area contributed by atoms with Gasteiger partial charge in [0.05, 0.1) is 4.90 Å². The summed E-state index contributed by atoms with van der Waals surface area (Å²) in [6.07, 6.45) is 0.112. The van der Waals surface area contributed by atoms with Gasteiger partial charge in [-0.1, -0.05) is 47.5 Å². The molecule has 0 fully saturated rings. The van der Waals surface area contributed by atoms with E-state index in [1.807, 2.05) is 32.0 Å². The SMILES string of the molecule is Cc1cc(C)cc(CC(C(=O)O)N(C)S(=O)(=O)c2ccccc2)c1. The van der Waals surface area contributed by atoms with Crippen LogP contribution >= 0.6 is 0 Å². The van der Waals surface area contributed by atoms with E-state index in [9.17, 15) is 18.3 Å². The lowest BCUT2D eigenvalue weighted by Crippen LogP contribution is -2.43. The second-order valence-corrected chi connectivity index (χ2v) is 7.89. The zero-order valence-electron chi connectivity index (χ0n) is 13.9. The van der Waals surface area contributed by atoms with Gasteiger partial charge < -0.3 is 5.11 Å². The maximum Gasteiger partial charge on any atom is 0.322 e. The average molecular weight is 347 g/mol. The van der Waals surface area contributed by atoms with Crippen LogP contribution in [0.5, 0.6) is 0 Å². The number of sulfonamides is 1. The number of aliphatic carboxylic acids is 1. The van der Waals surface area contributed by atoms with Crippen molar-refractivity contribution in [2.75, 3.05) is 7.05 Å². The van der Waals surface area contributed by atoms with Gasteiger partial charge in [-0.3, -0.25) is 4.79 Å². The molecule has 2 aromatic carbocycles. The second-order valence-electron chi connectivity index (χ2n) is 5.89.